The Morgan fingerprint density at radius 3 is 2.73 bits per heavy atom. The molecule has 0 aliphatic heterocycles. The monoisotopic (exact) mass is 211 g/mol. The van der Waals surface area contributed by atoms with Crippen LogP contribution < -0.4 is 5.32 Å². The molecule has 1 fully saturated rings. The number of allylic oxidation sites excluding steroid dienone is 1. The second-order valence-corrected chi connectivity index (χ2v) is 5.04. The zero-order chi connectivity index (χ0) is 11.3. The fraction of sp³-hybridized carbons (Fsp3) is 0.846. The molecular formula is C13H25NO. The van der Waals surface area contributed by atoms with Gasteiger partial charge in [0.1, 0.15) is 0 Å². The van der Waals surface area contributed by atoms with Crippen molar-refractivity contribution in [3.05, 3.63) is 12.7 Å². The van der Waals surface area contributed by atoms with E-state index < -0.39 is 5.60 Å². The average Bonchev–Trinajstić information content (AvgIpc) is 3.02. The lowest BCUT2D eigenvalue weighted by Gasteiger charge is -2.26. The fourth-order valence-corrected chi connectivity index (χ4v) is 1.78. The highest BCUT2D eigenvalue weighted by Gasteiger charge is 2.31. The summed E-state index contributed by atoms with van der Waals surface area (Å²) in [6.45, 7) is 8.40. The highest BCUT2D eigenvalue weighted by Crippen LogP contribution is 2.34. The van der Waals surface area contributed by atoms with E-state index in [1.807, 2.05) is 19.9 Å². The average molecular weight is 211 g/mol. The van der Waals surface area contributed by atoms with Gasteiger partial charge in [-0.1, -0.05) is 13.0 Å². The highest BCUT2D eigenvalue weighted by molar-refractivity contribution is 4.89. The molecule has 1 rings (SSSR count). The predicted octanol–water partition coefficient (Wildman–Crippen LogP) is 2.48. The molecule has 2 nitrogen and oxygen atoms in total. The molecule has 2 heteroatoms. The van der Waals surface area contributed by atoms with Gasteiger partial charge in [-0.15, -0.1) is 6.58 Å². The van der Waals surface area contributed by atoms with Gasteiger partial charge >= 0.3 is 0 Å². The van der Waals surface area contributed by atoms with Crippen LogP contribution in [0.3, 0.4) is 0 Å². The normalized spacial score (nSPS) is 22.1. The fourth-order valence-electron chi connectivity index (χ4n) is 1.78. The summed E-state index contributed by atoms with van der Waals surface area (Å²) in [6, 6.07) is 0.584. The molecule has 0 aromatic heterocycles. The minimum absolute atomic E-state index is 0.554. The van der Waals surface area contributed by atoms with Crippen molar-refractivity contribution < 1.29 is 5.11 Å². The first kappa shape index (κ1) is 12.7. The molecule has 2 atom stereocenters. The third-order valence-corrected chi connectivity index (χ3v) is 3.38. The van der Waals surface area contributed by atoms with Gasteiger partial charge in [0.2, 0.25) is 0 Å². The van der Waals surface area contributed by atoms with Gasteiger partial charge in [-0.3, -0.25) is 0 Å². The van der Waals surface area contributed by atoms with E-state index in [2.05, 4.69) is 11.9 Å². The summed E-state index contributed by atoms with van der Waals surface area (Å²) in [5.74, 6) is 0.845. The standard InChI is InChI=1S/C13H25NO/c1-4-6-7-12(11-8-9-11)14-10-13(3,15)5-2/h4,11-12,14-15H,1,5-10H2,2-3H3. The van der Waals surface area contributed by atoms with Crippen molar-refractivity contribution >= 4 is 0 Å². The Morgan fingerprint density at radius 1 is 1.60 bits per heavy atom. The van der Waals surface area contributed by atoms with E-state index >= 15 is 0 Å². The molecule has 0 heterocycles. The van der Waals surface area contributed by atoms with Gasteiger partial charge in [0, 0.05) is 12.6 Å². The topological polar surface area (TPSA) is 32.3 Å². The van der Waals surface area contributed by atoms with Crippen molar-refractivity contribution in [2.24, 2.45) is 5.92 Å². The van der Waals surface area contributed by atoms with Crippen LogP contribution in [0.2, 0.25) is 0 Å². The summed E-state index contributed by atoms with van der Waals surface area (Å²) in [7, 11) is 0. The van der Waals surface area contributed by atoms with Crippen LogP contribution in [-0.4, -0.2) is 23.3 Å². The predicted molar refractivity (Wildman–Crippen MR) is 64.9 cm³/mol. The molecule has 0 aromatic carbocycles. The Kier molecular flexibility index (Phi) is 4.81. The Balaban J connectivity index is 2.27. The number of hydrogen-bond donors (Lipinski definition) is 2. The van der Waals surface area contributed by atoms with Crippen LogP contribution in [0.15, 0.2) is 12.7 Å². The summed E-state index contributed by atoms with van der Waals surface area (Å²) >= 11 is 0. The second kappa shape index (κ2) is 5.66. The quantitative estimate of drug-likeness (QED) is 0.605. The second-order valence-electron chi connectivity index (χ2n) is 5.04. The molecule has 0 bridgehead atoms. The largest absolute Gasteiger partial charge is 0.389 e. The first-order valence-corrected chi connectivity index (χ1v) is 6.15. The molecule has 88 valence electrons. The van der Waals surface area contributed by atoms with Crippen LogP contribution in [0, 0.1) is 5.92 Å². The minimum atomic E-state index is -0.554. The van der Waals surface area contributed by atoms with E-state index in [1.54, 1.807) is 0 Å². The molecule has 0 radical (unpaired) electrons. The Bertz CT molecular complexity index is 197. The number of aliphatic hydroxyl groups is 1. The van der Waals surface area contributed by atoms with Crippen molar-refractivity contribution in [1.82, 2.24) is 5.32 Å². The third-order valence-electron chi connectivity index (χ3n) is 3.38. The molecule has 1 saturated carbocycles. The van der Waals surface area contributed by atoms with Gasteiger partial charge in [-0.25, -0.2) is 0 Å². The molecule has 0 aromatic rings. The zero-order valence-corrected chi connectivity index (χ0v) is 10.1. The molecule has 0 spiro atoms. The molecule has 0 saturated heterocycles. The van der Waals surface area contributed by atoms with Crippen molar-refractivity contribution in [3.63, 3.8) is 0 Å². The first-order chi connectivity index (χ1) is 7.09. The Hall–Kier alpha value is -0.340. The lowest BCUT2D eigenvalue weighted by Crippen LogP contribution is -2.43. The number of rotatable bonds is 8. The summed E-state index contributed by atoms with van der Waals surface area (Å²) in [6.07, 6.45) is 7.72. The van der Waals surface area contributed by atoms with Crippen LogP contribution in [-0.2, 0) is 0 Å². The molecular weight excluding hydrogens is 186 g/mol. The Morgan fingerprint density at radius 2 is 2.27 bits per heavy atom. The SMILES string of the molecule is C=CCCC(NCC(C)(O)CC)C1CC1. The highest BCUT2D eigenvalue weighted by atomic mass is 16.3. The van der Waals surface area contributed by atoms with Crippen LogP contribution in [0.25, 0.3) is 0 Å². The van der Waals surface area contributed by atoms with Gasteiger partial charge < -0.3 is 10.4 Å². The number of nitrogens with one attached hydrogen (secondary N) is 1. The van der Waals surface area contributed by atoms with Gasteiger partial charge in [0.05, 0.1) is 5.60 Å². The van der Waals surface area contributed by atoms with Gasteiger partial charge in [0.25, 0.3) is 0 Å². The number of hydrogen-bond acceptors (Lipinski definition) is 2. The van der Waals surface area contributed by atoms with Crippen molar-refractivity contribution in [3.8, 4) is 0 Å². The molecule has 2 N–H and O–H groups in total. The van der Waals surface area contributed by atoms with Crippen molar-refractivity contribution in [2.45, 2.75) is 57.6 Å². The maximum atomic E-state index is 9.92. The van der Waals surface area contributed by atoms with Gasteiger partial charge in [-0.05, 0) is 44.9 Å². The van der Waals surface area contributed by atoms with E-state index in [0.717, 1.165) is 25.2 Å². The lowest BCUT2D eigenvalue weighted by molar-refractivity contribution is 0.0517. The maximum Gasteiger partial charge on any atom is 0.0741 e. The van der Waals surface area contributed by atoms with Crippen LogP contribution >= 0.6 is 0 Å². The Labute approximate surface area is 93.8 Å². The van der Waals surface area contributed by atoms with Crippen molar-refractivity contribution in [1.29, 1.82) is 0 Å². The zero-order valence-electron chi connectivity index (χ0n) is 10.1. The molecule has 15 heavy (non-hydrogen) atoms. The van der Waals surface area contributed by atoms with Gasteiger partial charge in [0.15, 0.2) is 0 Å². The van der Waals surface area contributed by atoms with Crippen LogP contribution in [0.5, 0.6) is 0 Å². The molecule has 1 aliphatic carbocycles. The lowest BCUT2D eigenvalue weighted by atomic mass is 10.0. The maximum absolute atomic E-state index is 9.92. The molecule has 1 aliphatic rings. The van der Waals surface area contributed by atoms with Gasteiger partial charge in [-0.2, -0.15) is 0 Å². The minimum Gasteiger partial charge on any atom is -0.389 e. The van der Waals surface area contributed by atoms with Crippen molar-refractivity contribution in [2.75, 3.05) is 6.54 Å². The van der Waals surface area contributed by atoms with E-state index in [-0.39, 0.29) is 0 Å². The summed E-state index contributed by atoms with van der Waals surface area (Å²) in [5, 5.41) is 13.4. The van der Waals surface area contributed by atoms with Crippen LogP contribution in [0.4, 0.5) is 0 Å². The van der Waals surface area contributed by atoms with E-state index in [9.17, 15) is 5.11 Å². The first-order valence-electron chi connectivity index (χ1n) is 6.15. The summed E-state index contributed by atoms with van der Waals surface area (Å²) < 4.78 is 0. The summed E-state index contributed by atoms with van der Waals surface area (Å²) in [5.41, 5.74) is -0.554. The summed E-state index contributed by atoms with van der Waals surface area (Å²) in [4.78, 5) is 0. The van der Waals surface area contributed by atoms with Crippen LogP contribution in [0.1, 0.15) is 46.0 Å². The molecule has 2 unspecified atom stereocenters. The van der Waals surface area contributed by atoms with E-state index in [1.165, 1.54) is 12.8 Å². The van der Waals surface area contributed by atoms with E-state index in [4.69, 9.17) is 0 Å². The van der Waals surface area contributed by atoms with E-state index in [0.29, 0.717) is 12.6 Å². The smallest absolute Gasteiger partial charge is 0.0741 e. The third kappa shape index (κ3) is 4.80. The molecule has 0 amide bonds.